The van der Waals surface area contributed by atoms with Crippen LogP contribution in [0.25, 0.3) is 0 Å². The SMILES string of the molecule is COC(=O)N1CCC[C@H](C(=O)OCCCc2cccnc2)C1. The summed E-state index contributed by atoms with van der Waals surface area (Å²) in [6.45, 7) is 1.41. The van der Waals surface area contributed by atoms with Gasteiger partial charge in [0.25, 0.3) is 0 Å². The topological polar surface area (TPSA) is 68.7 Å². The molecule has 0 bridgehead atoms. The summed E-state index contributed by atoms with van der Waals surface area (Å²) in [6, 6.07) is 3.90. The number of hydrogen-bond acceptors (Lipinski definition) is 5. The molecule has 1 aromatic rings. The smallest absolute Gasteiger partial charge is 0.409 e. The summed E-state index contributed by atoms with van der Waals surface area (Å²) >= 11 is 0. The molecule has 1 fully saturated rings. The van der Waals surface area contributed by atoms with E-state index in [1.165, 1.54) is 7.11 Å². The van der Waals surface area contributed by atoms with Crippen molar-refractivity contribution in [3.63, 3.8) is 0 Å². The number of piperidine rings is 1. The lowest BCUT2D eigenvalue weighted by molar-refractivity contribution is -0.150. The van der Waals surface area contributed by atoms with Crippen molar-refractivity contribution in [1.29, 1.82) is 0 Å². The van der Waals surface area contributed by atoms with E-state index >= 15 is 0 Å². The van der Waals surface area contributed by atoms with Crippen molar-refractivity contribution in [3.8, 4) is 0 Å². The molecule has 1 saturated heterocycles. The number of amides is 1. The van der Waals surface area contributed by atoms with Crippen LogP contribution in [0.1, 0.15) is 24.8 Å². The molecule has 1 aliphatic heterocycles. The van der Waals surface area contributed by atoms with Crippen LogP contribution in [0.2, 0.25) is 0 Å². The van der Waals surface area contributed by atoms with Gasteiger partial charge in [0.15, 0.2) is 0 Å². The Hall–Kier alpha value is -2.11. The fourth-order valence-electron chi connectivity index (χ4n) is 2.58. The van der Waals surface area contributed by atoms with Crippen LogP contribution in [0.4, 0.5) is 4.79 Å². The van der Waals surface area contributed by atoms with Crippen LogP contribution < -0.4 is 0 Å². The van der Waals surface area contributed by atoms with Crippen molar-refractivity contribution >= 4 is 12.1 Å². The Balaban J connectivity index is 1.69. The number of rotatable bonds is 5. The third-order valence-electron chi connectivity index (χ3n) is 3.76. The average Bonchev–Trinajstić information content (AvgIpc) is 2.59. The van der Waals surface area contributed by atoms with Gasteiger partial charge in [0.2, 0.25) is 0 Å². The molecule has 6 nitrogen and oxygen atoms in total. The summed E-state index contributed by atoms with van der Waals surface area (Å²) in [6.07, 6.45) is 6.33. The number of carbonyl (C=O) groups is 2. The van der Waals surface area contributed by atoms with E-state index in [4.69, 9.17) is 9.47 Å². The molecule has 0 aliphatic carbocycles. The molecule has 22 heavy (non-hydrogen) atoms. The van der Waals surface area contributed by atoms with Gasteiger partial charge < -0.3 is 14.4 Å². The van der Waals surface area contributed by atoms with Crippen LogP contribution in [0.3, 0.4) is 0 Å². The molecule has 1 amide bonds. The minimum Gasteiger partial charge on any atom is -0.465 e. The van der Waals surface area contributed by atoms with E-state index in [0.29, 0.717) is 19.7 Å². The van der Waals surface area contributed by atoms with E-state index in [1.54, 1.807) is 11.1 Å². The first-order valence-electron chi connectivity index (χ1n) is 7.59. The summed E-state index contributed by atoms with van der Waals surface area (Å²) in [5, 5.41) is 0. The molecular formula is C16H22N2O4. The molecule has 0 spiro atoms. The number of likely N-dealkylation sites (tertiary alicyclic amines) is 1. The molecule has 0 aromatic carbocycles. The molecule has 6 heteroatoms. The third kappa shape index (κ3) is 4.72. The van der Waals surface area contributed by atoms with Crippen molar-refractivity contribution in [3.05, 3.63) is 30.1 Å². The van der Waals surface area contributed by atoms with E-state index in [9.17, 15) is 9.59 Å². The minimum absolute atomic E-state index is 0.222. The largest absolute Gasteiger partial charge is 0.465 e. The van der Waals surface area contributed by atoms with Crippen LogP contribution in [0, 0.1) is 5.92 Å². The van der Waals surface area contributed by atoms with Crippen LogP contribution in [-0.2, 0) is 20.7 Å². The molecule has 0 unspecified atom stereocenters. The first-order chi connectivity index (χ1) is 10.7. The zero-order chi connectivity index (χ0) is 15.8. The Labute approximate surface area is 130 Å². The second-order valence-electron chi connectivity index (χ2n) is 5.39. The predicted molar refractivity (Wildman–Crippen MR) is 80.2 cm³/mol. The highest BCUT2D eigenvalue weighted by Crippen LogP contribution is 2.18. The van der Waals surface area contributed by atoms with E-state index in [2.05, 4.69) is 4.98 Å². The second-order valence-corrected chi connectivity index (χ2v) is 5.39. The van der Waals surface area contributed by atoms with Gasteiger partial charge in [-0.05, 0) is 37.3 Å². The molecule has 0 radical (unpaired) electrons. The zero-order valence-corrected chi connectivity index (χ0v) is 12.9. The summed E-state index contributed by atoms with van der Waals surface area (Å²) in [4.78, 5) is 29.2. The average molecular weight is 306 g/mol. The Morgan fingerprint density at radius 1 is 1.45 bits per heavy atom. The van der Waals surface area contributed by atoms with Crippen molar-refractivity contribution in [2.45, 2.75) is 25.7 Å². The Morgan fingerprint density at radius 3 is 3.05 bits per heavy atom. The summed E-state index contributed by atoms with van der Waals surface area (Å²) in [7, 11) is 1.35. The first-order valence-corrected chi connectivity index (χ1v) is 7.59. The van der Waals surface area contributed by atoms with Gasteiger partial charge in [0.1, 0.15) is 0 Å². The predicted octanol–water partition coefficient (Wildman–Crippen LogP) is 2.04. The number of methoxy groups -OCH3 is 1. The van der Waals surface area contributed by atoms with Gasteiger partial charge in [-0.2, -0.15) is 0 Å². The number of esters is 1. The number of pyridine rings is 1. The van der Waals surface area contributed by atoms with E-state index in [-0.39, 0.29) is 18.0 Å². The van der Waals surface area contributed by atoms with Gasteiger partial charge in [-0.3, -0.25) is 9.78 Å². The fraction of sp³-hybridized carbons (Fsp3) is 0.562. The molecule has 0 saturated carbocycles. The first kappa shape index (κ1) is 16.3. The molecule has 1 aliphatic rings. The quantitative estimate of drug-likeness (QED) is 0.615. The molecule has 0 N–H and O–H groups in total. The number of aromatic nitrogens is 1. The summed E-state index contributed by atoms with van der Waals surface area (Å²) < 4.78 is 10.0. The zero-order valence-electron chi connectivity index (χ0n) is 12.9. The number of ether oxygens (including phenoxy) is 2. The lowest BCUT2D eigenvalue weighted by Crippen LogP contribution is -2.42. The van der Waals surface area contributed by atoms with Gasteiger partial charge in [0, 0.05) is 25.5 Å². The molecular weight excluding hydrogens is 284 g/mol. The summed E-state index contributed by atoms with van der Waals surface area (Å²) in [5.74, 6) is -0.467. The van der Waals surface area contributed by atoms with Crippen molar-refractivity contribution < 1.29 is 19.1 Å². The lowest BCUT2D eigenvalue weighted by Gasteiger charge is -2.30. The van der Waals surface area contributed by atoms with Gasteiger partial charge in [-0.1, -0.05) is 6.07 Å². The molecule has 2 heterocycles. The highest BCUT2D eigenvalue weighted by Gasteiger charge is 2.29. The highest BCUT2D eigenvalue weighted by atomic mass is 16.5. The van der Waals surface area contributed by atoms with Gasteiger partial charge in [0.05, 0.1) is 19.6 Å². The Kier molecular flexibility index (Phi) is 6.18. The maximum Gasteiger partial charge on any atom is 0.409 e. The molecule has 1 atom stereocenters. The number of hydrogen-bond donors (Lipinski definition) is 0. The van der Waals surface area contributed by atoms with Crippen LogP contribution in [0.5, 0.6) is 0 Å². The van der Waals surface area contributed by atoms with Crippen LogP contribution >= 0.6 is 0 Å². The fourth-order valence-corrected chi connectivity index (χ4v) is 2.58. The van der Waals surface area contributed by atoms with Crippen molar-refractivity contribution in [1.82, 2.24) is 9.88 Å². The van der Waals surface area contributed by atoms with Crippen molar-refractivity contribution in [2.24, 2.45) is 5.92 Å². The number of carbonyl (C=O) groups excluding carboxylic acids is 2. The standard InChI is InChI=1S/C16H22N2O4/c1-21-16(20)18-9-3-7-14(12-18)15(19)22-10-4-6-13-5-2-8-17-11-13/h2,5,8,11,14H,3-4,6-7,9-10,12H2,1H3/t14-/m0/s1. The Bertz CT molecular complexity index is 492. The van der Waals surface area contributed by atoms with Gasteiger partial charge in [-0.25, -0.2) is 4.79 Å². The summed E-state index contributed by atoms with van der Waals surface area (Å²) in [5.41, 5.74) is 1.13. The molecule has 1 aromatic heterocycles. The van der Waals surface area contributed by atoms with Gasteiger partial charge >= 0.3 is 12.1 Å². The maximum absolute atomic E-state index is 12.1. The minimum atomic E-state index is -0.380. The van der Waals surface area contributed by atoms with Crippen LogP contribution in [-0.4, -0.2) is 48.8 Å². The molecule has 120 valence electrons. The Morgan fingerprint density at radius 2 is 2.32 bits per heavy atom. The highest BCUT2D eigenvalue weighted by molar-refractivity contribution is 5.74. The van der Waals surface area contributed by atoms with Crippen LogP contribution in [0.15, 0.2) is 24.5 Å². The number of nitrogens with zero attached hydrogens (tertiary/aromatic N) is 2. The van der Waals surface area contributed by atoms with Crippen molar-refractivity contribution in [2.75, 3.05) is 26.8 Å². The van der Waals surface area contributed by atoms with E-state index in [0.717, 1.165) is 31.2 Å². The third-order valence-corrected chi connectivity index (χ3v) is 3.76. The lowest BCUT2D eigenvalue weighted by atomic mass is 9.98. The maximum atomic E-state index is 12.1. The second kappa shape index (κ2) is 8.36. The normalized spacial score (nSPS) is 17.9. The van der Waals surface area contributed by atoms with E-state index in [1.807, 2.05) is 18.3 Å². The molecule has 2 rings (SSSR count). The van der Waals surface area contributed by atoms with E-state index < -0.39 is 0 Å². The monoisotopic (exact) mass is 306 g/mol. The van der Waals surface area contributed by atoms with Gasteiger partial charge in [-0.15, -0.1) is 0 Å². The number of aryl methyl sites for hydroxylation is 1.